The fourth-order valence-corrected chi connectivity index (χ4v) is 4.34. The third kappa shape index (κ3) is 9.15. The summed E-state index contributed by atoms with van der Waals surface area (Å²) in [6.07, 6.45) is 4.37. The van der Waals surface area contributed by atoms with Crippen LogP contribution in [0.4, 0.5) is 0 Å². The maximum absolute atomic E-state index is 13.4. The molecule has 4 atom stereocenters. The molecule has 37 heavy (non-hydrogen) atoms. The van der Waals surface area contributed by atoms with Gasteiger partial charge in [0.2, 0.25) is 11.8 Å². The molecule has 0 bridgehead atoms. The molecule has 1 heterocycles. The number of rotatable bonds is 9. The van der Waals surface area contributed by atoms with E-state index in [1.54, 1.807) is 0 Å². The summed E-state index contributed by atoms with van der Waals surface area (Å²) in [5.41, 5.74) is 1.74. The van der Waals surface area contributed by atoms with Gasteiger partial charge >= 0.3 is 5.97 Å². The van der Waals surface area contributed by atoms with Gasteiger partial charge in [-0.2, -0.15) is 0 Å². The van der Waals surface area contributed by atoms with Crippen LogP contribution >= 0.6 is 0 Å². The lowest BCUT2D eigenvalue weighted by Gasteiger charge is -2.29. The first-order valence-electron chi connectivity index (χ1n) is 12.6. The molecule has 0 aromatic heterocycles. The number of amides is 2. The molecule has 0 radical (unpaired) electrons. The minimum atomic E-state index is -0.736. The normalized spacial score (nSPS) is 21.6. The summed E-state index contributed by atoms with van der Waals surface area (Å²) in [5, 5.41) is 15.6. The number of aliphatic hydroxyl groups excluding tert-OH is 1. The Hall–Kier alpha value is -3.49. The van der Waals surface area contributed by atoms with Crippen LogP contribution in [0.3, 0.4) is 0 Å². The zero-order chi connectivity index (χ0) is 26.5. The molecule has 2 aromatic carbocycles. The van der Waals surface area contributed by atoms with Gasteiger partial charge in [0, 0.05) is 20.0 Å². The Morgan fingerprint density at radius 2 is 1.81 bits per heavy atom. The van der Waals surface area contributed by atoms with E-state index in [0.717, 1.165) is 11.1 Å². The standard InChI is InChI=1S/C29H36N2O6/c1-36-20-25-28(22-13-7-3-8-14-22)37-27(34)16-10-4-9-15-23(29(35)31-25)18-26(33)30-24(19-32)17-21-11-5-2-6-12-21/h2-9,11-14,23-25,28,32H,10,15-20H2,1H3,(H,30,33)(H,31,35)/t23-,24-,25+,28+/m1/s1. The number of hydrogen-bond donors (Lipinski definition) is 3. The number of cyclic esters (lactones) is 1. The largest absolute Gasteiger partial charge is 0.455 e. The van der Waals surface area contributed by atoms with Gasteiger partial charge in [-0.1, -0.05) is 72.8 Å². The van der Waals surface area contributed by atoms with Crippen molar-refractivity contribution in [3.8, 4) is 0 Å². The summed E-state index contributed by atoms with van der Waals surface area (Å²) in [4.78, 5) is 38.8. The molecule has 1 aliphatic heterocycles. The van der Waals surface area contributed by atoms with E-state index in [-0.39, 0.29) is 43.8 Å². The number of carbonyl (C=O) groups excluding carboxylic acids is 3. The minimum Gasteiger partial charge on any atom is -0.455 e. The molecule has 0 unspecified atom stereocenters. The number of benzene rings is 2. The van der Waals surface area contributed by atoms with Crippen LogP contribution in [0.2, 0.25) is 0 Å². The summed E-state index contributed by atoms with van der Waals surface area (Å²) in [6.45, 7) is -0.0889. The highest BCUT2D eigenvalue weighted by Crippen LogP contribution is 2.24. The lowest BCUT2D eigenvalue weighted by molar-refractivity contribution is -0.153. The first kappa shape index (κ1) is 28.1. The molecule has 1 aliphatic rings. The molecule has 8 nitrogen and oxygen atoms in total. The average Bonchev–Trinajstić information content (AvgIpc) is 2.90. The topological polar surface area (TPSA) is 114 Å². The molecule has 3 rings (SSSR count). The average molecular weight is 509 g/mol. The number of allylic oxidation sites excluding steroid dienone is 2. The number of esters is 1. The Morgan fingerprint density at radius 1 is 1.11 bits per heavy atom. The predicted molar refractivity (Wildman–Crippen MR) is 139 cm³/mol. The Labute approximate surface area is 218 Å². The third-order valence-electron chi connectivity index (χ3n) is 6.24. The number of carbonyl (C=O) groups is 3. The van der Waals surface area contributed by atoms with Gasteiger partial charge in [0.15, 0.2) is 0 Å². The third-order valence-corrected chi connectivity index (χ3v) is 6.24. The van der Waals surface area contributed by atoms with Crippen LogP contribution in [-0.4, -0.2) is 55.3 Å². The fourth-order valence-electron chi connectivity index (χ4n) is 4.34. The smallest absolute Gasteiger partial charge is 0.306 e. The molecule has 0 spiro atoms. The zero-order valence-electron chi connectivity index (χ0n) is 21.2. The predicted octanol–water partition coefficient (Wildman–Crippen LogP) is 2.87. The van der Waals surface area contributed by atoms with Crippen LogP contribution in [0.1, 0.15) is 42.9 Å². The number of ether oxygens (including phenoxy) is 2. The van der Waals surface area contributed by atoms with Crippen LogP contribution in [0.15, 0.2) is 72.8 Å². The molecular weight excluding hydrogens is 472 g/mol. The summed E-state index contributed by atoms with van der Waals surface area (Å²) in [7, 11) is 1.52. The second-order valence-electron chi connectivity index (χ2n) is 9.18. The van der Waals surface area contributed by atoms with Crippen molar-refractivity contribution in [2.24, 2.45) is 5.92 Å². The van der Waals surface area contributed by atoms with Gasteiger partial charge in [-0.25, -0.2) is 0 Å². The highest BCUT2D eigenvalue weighted by Gasteiger charge is 2.31. The van der Waals surface area contributed by atoms with Crippen LogP contribution in [0.25, 0.3) is 0 Å². The first-order valence-corrected chi connectivity index (χ1v) is 12.6. The Balaban J connectivity index is 1.75. The van der Waals surface area contributed by atoms with E-state index in [2.05, 4.69) is 10.6 Å². The molecule has 8 heteroatoms. The van der Waals surface area contributed by atoms with E-state index in [1.807, 2.05) is 72.8 Å². The lowest BCUT2D eigenvalue weighted by Crippen LogP contribution is -2.47. The van der Waals surface area contributed by atoms with Crippen molar-refractivity contribution < 1.29 is 29.0 Å². The Morgan fingerprint density at radius 3 is 2.49 bits per heavy atom. The van der Waals surface area contributed by atoms with Gasteiger partial charge in [-0.3, -0.25) is 14.4 Å². The number of nitrogens with one attached hydrogen (secondary N) is 2. The number of aliphatic hydroxyl groups is 1. The van der Waals surface area contributed by atoms with E-state index >= 15 is 0 Å². The van der Waals surface area contributed by atoms with Crippen molar-refractivity contribution in [1.29, 1.82) is 0 Å². The van der Waals surface area contributed by atoms with Gasteiger partial charge in [0.05, 0.1) is 31.2 Å². The quantitative estimate of drug-likeness (QED) is 0.355. The first-order chi connectivity index (χ1) is 18.0. The van der Waals surface area contributed by atoms with Crippen molar-refractivity contribution in [2.45, 2.75) is 50.3 Å². The van der Waals surface area contributed by atoms with Crippen molar-refractivity contribution in [3.05, 3.63) is 83.9 Å². The molecule has 2 amide bonds. The monoisotopic (exact) mass is 508 g/mol. The van der Waals surface area contributed by atoms with Gasteiger partial charge in [0.25, 0.3) is 0 Å². The Bertz CT molecular complexity index is 1030. The Kier molecular flexibility index (Phi) is 11.3. The van der Waals surface area contributed by atoms with Gasteiger partial charge < -0.3 is 25.2 Å². The minimum absolute atomic E-state index is 0.0447. The molecule has 0 saturated heterocycles. The van der Waals surface area contributed by atoms with E-state index in [4.69, 9.17) is 9.47 Å². The highest BCUT2D eigenvalue weighted by molar-refractivity contribution is 5.86. The molecule has 0 aliphatic carbocycles. The van der Waals surface area contributed by atoms with Crippen LogP contribution in [0.5, 0.6) is 0 Å². The van der Waals surface area contributed by atoms with Crippen LogP contribution < -0.4 is 10.6 Å². The molecule has 0 fully saturated rings. The van der Waals surface area contributed by atoms with Crippen molar-refractivity contribution in [1.82, 2.24) is 10.6 Å². The van der Waals surface area contributed by atoms with Crippen molar-refractivity contribution in [2.75, 3.05) is 20.3 Å². The maximum atomic E-state index is 13.4. The molecular formula is C29H36N2O6. The number of methoxy groups -OCH3 is 1. The van der Waals surface area contributed by atoms with Gasteiger partial charge in [-0.05, 0) is 30.4 Å². The molecule has 198 valence electrons. The van der Waals surface area contributed by atoms with Gasteiger partial charge in [-0.15, -0.1) is 0 Å². The number of hydrogen-bond acceptors (Lipinski definition) is 6. The lowest BCUT2D eigenvalue weighted by atomic mass is 9.96. The van der Waals surface area contributed by atoms with E-state index < -0.39 is 24.1 Å². The van der Waals surface area contributed by atoms with E-state index in [0.29, 0.717) is 19.3 Å². The SMILES string of the molecule is COC[C@@H]1NC(=O)[C@@H](CC(=O)N[C@@H](CO)Cc2ccccc2)CC=CCCC(=O)O[C@H]1c1ccccc1. The zero-order valence-corrected chi connectivity index (χ0v) is 21.2. The summed E-state index contributed by atoms with van der Waals surface area (Å²) in [5.74, 6) is -1.65. The van der Waals surface area contributed by atoms with Crippen molar-refractivity contribution in [3.63, 3.8) is 0 Å². The summed E-state index contributed by atoms with van der Waals surface area (Å²) in [6, 6.07) is 17.7. The second kappa shape index (κ2) is 14.9. The summed E-state index contributed by atoms with van der Waals surface area (Å²) >= 11 is 0. The highest BCUT2D eigenvalue weighted by atomic mass is 16.5. The fraction of sp³-hybridized carbons (Fsp3) is 0.414. The summed E-state index contributed by atoms with van der Waals surface area (Å²) < 4.78 is 11.1. The van der Waals surface area contributed by atoms with Crippen molar-refractivity contribution >= 4 is 17.8 Å². The van der Waals surface area contributed by atoms with E-state index in [1.165, 1.54) is 7.11 Å². The molecule has 0 saturated carbocycles. The molecule has 3 N–H and O–H groups in total. The second-order valence-corrected chi connectivity index (χ2v) is 9.18. The van der Waals surface area contributed by atoms with E-state index in [9.17, 15) is 19.5 Å². The van der Waals surface area contributed by atoms with Crippen LogP contribution in [-0.2, 0) is 30.3 Å². The molecule has 2 aromatic rings. The van der Waals surface area contributed by atoms with Crippen LogP contribution in [0, 0.1) is 5.92 Å². The maximum Gasteiger partial charge on any atom is 0.306 e. The van der Waals surface area contributed by atoms with Gasteiger partial charge in [0.1, 0.15) is 6.10 Å².